The zero-order chi connectivity index (χ0) is 27.3. The Morgan fingerprint density at radius 2 is 1.89 bits per heavy atom. The first kappa shape index (κ1) is 27.4. The summed E-state index contributed by atoms with van der Waals surface area (Å²) in [7, 11) is -2.18. The molecule has 9 heteroatoms. The number of rotatable bonds is 11. The normalized spacial score (nSPS) is 18.8. The molecule has 0 spiro atoms. The van der Waals surface area contributed by atoms with Gasteiger partial charge in [-0.2, -0.15) is 8.42 Å². The fraction of sp³-hybridized carbons (Fsp3) is 0.379. The van der Waals surface area contributed by atoms with Crippen molar-refractivity contribution < 1.29 is 23.1 Å². The van der Waals surface area contributed by atoms with Crippen molar-refractivity contribution in [1.29, 1.82) is 0 Å². The second-order valence-corrected chi connectivity index (χ2v) is 11.5. The molecule has 0 aliphatic carbocycles. The van der Waals surface area contributed by atoms with Gasteiger partial charge in [0.25, 0.3) is 10.0 Å². The Labute approximate surface area is 224 Å². The van der Waals surface area contributed by atoms with Gasteiger partial charge in [0.1, 0.15) is 11.4 Å². The summed E-state index contributed by atoms with van der Waals surface area (Å²) in [5, 5.41) is 11.1. The van der Waals surface area contributed by atoms with Crippen LogP contribution in [0, 0.1) is 0 Å². The predicted molar refractivity (Wildman–Crippen MR) is 146 cm³/mol. The van der Waals surface area contributed by atoms with Gasteiger partial charge in [0, 0.05) is 31.3 Å². The van der Waals surface area contributed by atoms with Crippen LogP contribution in [0.1, 0.15) is 63.0 Å². The van der Waals surface area contributed by atoms with E-state index in [0.29, 0.717) is 30.5 Å². The third kappa shape index (κ3) is 6.10. The zero-order valence-corrected chi connectivity index (χ0v) is 22.9. The molecule has 2 heterocycles. The molecule has 0 bridgehead atoms. The number of aryl methyl sites for hydroxylation is 2. The lowest BCUT2D eigenvalue weighted by Crippen LogP contribution is -2.41. The van der Waals surface area contributed by atoms with Crippen LogP contribution in [0.3, 0.4) is 0 Å². The Bertz CT molecular complexity index is 1410. The van der Waals surface area contributed by atoms with Crippen molar-refractivity contribution in [2.75, 3.05) is 4.72 Å². The van der Waals surface area contributed by atoms with Crippen LogP contribution in [-0.4, -0.2) is 34.6 Å². The van der Waals surface area contributed by atoms with Crippen molar-refractivity contribution in [3.8, 4) is 0 Å². The first-order chi connectivity index (χ1) is 18.2. The fourth-order valence-corrected chi connectivity index (χ4v) is 6.22. The number of benzene rings is 2. The number of cyclic esters (lactones) is 1. The van der Waals surface area contributed by atoms with Crippen LogP contribution in [0.15, 0.2) is 83.5 Å². The minimum atomic E-state index is -3.87. The van der Waals surface area contributed by atoms with Gasteiger partial charge in [-0.1, -0.05) is 62.7 Å². The number of carbonyl (C=O) groups excluding carboxylic acids is 1. The number of aliphatic hydroxyl groups excluding tert-OH is 1. The largest absolute Gasteiger partial charge is 0.512 e. The minimum absolute atomic E-state index is 0.0501. The molecular formula is C29H35N3O5S. The smallest absolute Gasteiger partial charge is 0.338 e. The topological polar surface area (TPSA) is 111 Å². The molecule has 0 radical (unpaired) electrons. The van der Waals surface area contributed by atoms with E-state index in [0.717, 1.165) is 18.4 Å². The predicted octanol–water partition coefficient (Wildman–Crippen LogP) is 5.65. The second kappa shape index (κ2) is 11.4. The molecule has 1 aliphatic heterocycles. The average Bonchev–Trinajstić information content (AvgIpc) is 3.33. The van der Waals surface area contributed by atoms with E-state index in [4.69, 9.17) is 4.74 Å². The van der Waals surface area contributed by atoms with Crippen molar-refractivity contribution in [2.24, 2.45) is 7.05 Å². The van der Waals surface area contributed by atoms with Crippen LogP contribution in [0.2, 0.25) is 0 Å². The highest BCUT2D eigenvalue weighted by Crippen LogP contribution is 2.42. The van der Waals surface area contributed by atoms with Gasteiger partial charge in [0.15, 0.2) is 5.03 Å². The lowest BCUT2D eigenvalue weighted by molar-refractivity contribution is -0.161. The Kier molecular flexibility index (Phi) is 8.26. The summed E-state index contributed by atoms with van der Waals surface area (Å²) in [6.07, 6.45) is 6.46. The number of sulfonamides is 1. The number of carbonyl (C=O) groups is 1. The van der Waals surface area contributed by atoms with Gasteiger partial charge in [0.05, 0.1) is 11.9 Å². The third-order valence-corrected chi connectivity index (χ3v) is 8.27. The summed E-state index contributed by atoms with van der Waals surface area (Å²) in [5.74, 6) is -0.911. The second-order valence-electron chi connectivity index (χ2n) is 9.91. The molecule has 0 unspecified atom stereocenters. The number of ether oxygens (including phenoxy) is 1. The highest BCUT2D eigenvalue weighted by Gasteiger charge is 2.43. The molecule has 1 aromatic heterocycles. The van der Waals surface area contributed by atoms with E-state index in [1.807, 2.05) is 50.2 Å². The Morgan fingerprint density at radius 3 is 2.53 bits per heavy atom. The maximum atomic E-state index is 13.4. The molecule has 2 atom stereocenters. The molecule has 0 saturated heterocycles. The van der Waals surface area contributed by atoms with Crippen molar-refractivity contribution in [2.45, 2.75) is 68.9 Å². The van der Waals surface area contributed by atoms with Crippen LogP contribution in [0.5, 0.6) is 0 Å². The van der Waals surface area contributed by atoms with Crippen LogP contribution >= 0.6 is 0 Å². The lowest BCUT2D eigenvalue weighted by atomic mass is 9.80. The molecular weight excluding hydrogens is 502 g/mol. The van der Waals surface area contributed by atoms with E-state index >= 15 is 0 Å². The summed E-state index contributed by atoms with van der Waals surface area (Å²) in [6, 6.07) is 16.9. The number of hydrogen-bond acceptors (Lipinski definition) is 6. The molecule has 2 aromatic carbocycles. The molecule has 0 saturated carbocycles. The SMILES string of the molecule is CCC[C@@]1(CCc2ccccc2)CC(O)=C([C@@H](CC)c2cccc(NS(=O)(=O)c3cn(C)cn3)c2)C(=O)O1. The first-order valence-electron chi connectivity index (χ1n) is 13.0. The van der Waals surface area contributed by atoms with Crippen molar-refractivity contribution in [3.05, 3.63) is 89.6 Å². The molecule has 3 aromatic rings. The molecule has 38 heavy (non-hydrogen) atoms. The quantitative estimate of drug-likeness (QED) is 0.306. The summed E-state index contributed by atoms with van der Waals surface area (Å²) in [6.45, 7) is 3.97. The van der Waals surface area contributed by atoms with Crippen LogP contribution in [0.25, 0.3) is 0 Å². The van der Waals surface area contributed by atoms with Gasteiger partial charge in [-0.15, -0.1) is 0 Å². The van der Waals surface area contributed by atoms with Crippen LogP contribution in [0.4, 0.5) is 5.69 Å². The van der Waals surface area contributed by atoms with Gasteiger partial charge in [-0.3, -0.25) is 4.72 Å². The monoisotopic (exact) mass is 537 g/mol. The van der Waals surface area contributed by atoms with E-state index in [1.54, 1.807) is 29.8 Å². The molecule has 0 fully saturated rings. The van der Waals surface area contributed by atoms with Crippen LogP contribution < -0.4 is 4.72 Å². The standard InChI is InChI=1S/C29H35N3O5S/c1-4-15-29(16-14-21-10-7-6-8-11-21)18-25(33)27(28(34)37-29)24(5-2)22-12-9-13-23(17-22)31-38(35,36)26-19-32(3)20-30-26/h6-13,17,19-20,24,31,33H,4-5,14-16,18H2,1-3H3/t24-,29+/m0/s1. The first-order valence-corrected chi connectivity index (χ1v) is 14.4. The number of hydrogen-bond donors (Lipinski definition) is 2. The Morgan fingerprint density at radius 1 is 1.13 bits per heavy atom. The zero-order valence-electron chi connectivity index (χ0n) is 22.1. The van der Waals surface area contributed by atoms with E-state index in [2.05, 4.69) is 9.71 Å². The van der Waals surface area contributed by atoms with Crippen molar-refractivity contribution in [3.63, 3.8) is 0 Å². The van der Waals surface area contributed by atoms with Crippen molar-refractivity contribution >= 4 is 21.7 Å². The third-order valence-electron chi connectivity index (χ3n) is 7.00. The summed E-state index contributed by atoms with van der Waals surface area (Å²) >= 11 is 0. The molecule has 2 N–H and O–H groups in total. The highest BCUT2D eigenvalue weighted by molar-refractivity contribution is 7.92. The molecule has 1 aliphatic rings. The Balaban J connectivity index is 1.58. The number of imidazole rings is 1. The van der Waals surface area contributed by atoms with Gasteiger partial charge in [0.2, 0.25) is 0 Å². The lowest BCUT2D eigenvalue weighted by Gasteiger charge is -2.38. The van der Waals surface area contributed by atoms with Gasteiger partial charge >= 0.3 is 5.97 Å². The maximum Gasteiger partial charge on any atom is 0.338 e. The van der Waals surface area contributed by atoms with Gasteiger partial charge in [-0.05, 0) is 48.9 Å². The number of nitrogens with one attached hydrogen (secondary N) is 1. The highest BCUT2D eigenvalue weighted by atomic mass is 32.2. The van der Waals surface area contributed by atoms with Gasteiger partial charge in [-0.25, -0.2) is 9.78 Å². The summed E-state index contributed by atoms with van der Waals surface area (Å²) in [4.78, 5) is 17.3. The minimum Gasteiger partial charge on any atom is -0.512 e. The summed E-state index contributed by atoms with van der Waals surface area (Å²) < 4.78 is 35.7. The Hall–Kier alpha value is -3.59. The maximum absolute atomic E-state index is 13.4. The van der Waals surface area contributed by atoms with Crippen molar-refractivity contribution in [1.82, 2.24) is 9.55 Å². The number of aliphatic hydroxyl groups is 1. The van der Waals surface area contributed by atoms with E-state index in [1.165, 1.54) is 12.5 Å². The molecule has 8 nitrogen and oxygen atoms in total. The van der Waals surface area contributed by atoms with E-state index in [-0.39, 0.29) is 22.8 Å². The molecule has 4 rings (SSSR count). The summed E-state index contributed by atoms with van der Waals surface area (Å²) in [5.41, 5.74) is 1.69. The number of esters is 1. The molecule has 0 amide bonds. The van der Waals surface area contributed by atoms with E-state index < -0.39 is 27.5 Å². The number of aromatic nitrogens is 2. The fourth-order valence-electron chi connectivity index (χ4n) is 5.19. The average molecular weight is 538 g/mol. The van der Waals surface area contributed by atoms with Crippen LogP contribution in [-0.2, 0) is 33.0 Å². The molecule has 202 valence electrons. The van der Waals surface area contributed by atoms with Gasteiger partial charge < -0.3 is 14.4 Å². The number of nitrogens with zero attached hydrogens (tertiary/aromatic N) is 2. The van der Waals surface area contributed by atoms with E-state index in [9.17, 15) is 18.3 Å². The number of anilines is 1.